The third-order valence-electron chi connectivity index (χ3n) is 4.25. The molecule has 0 aliphatic carbocycles. The number of nitrogens with one attached hydrogen (secondary N) is 1. The Labute approximate surface area is 170 Å². The third kappa shape index (κ3) is 4.68. The van der Waals surface area contributed by atoms with Crippen LogP contribution in [0.25, 0.3) is 5.69 Å². The summed E-state index contributed by atoms with van der Waals surface area (Å²) in [7, 11) is 0. The Morgan fingerprint density at radius 3 is 2.33 bits per heavy atom. The number of ketones is 1. The fourth-order valence-corrected chi connectivity index (χ4v) is 2.94. The van der Waals surface area contributed by atoms with Crippen LogP contribution in [0.15, 0.2) is 54.6 Å². The number of ether oxygens (including phenoxy) is 1. The van der Waals surface area contributed by atoms with E-state index in [9.17, 15) is 22.8 Å². The zero-order chi connectivity index (χ0) is 21.9. The van der Waals surface area contributed by atoms with E-state index in [4.69, 9.17) is 4.74 Å². The fourth-order valence-electron chi connectivity index (χ4n) is 2.94. The minimum absolute atomic E-state index is 0.0362. The van der Waals surface area contributed by atoms with Gasteiger partial charge in [0.25, 0.3) is 11.7 Å². The maximum atomic E-state index is 12.8. The second kappa shape index (κ2) is 8.40. The lowest BCUT2D eigenvalue weighted by atomic mass is 10.1. The standard InChI is InChI=1S/C21H18F3N3O3/c1-13-18(14(2)27(26-13)15-8-4-3-5-9-15)19(28)20(29)25-16-10-6-7-11-17(16)30-12-21(22,23)24/h3-11H,12H2,1-2H3,(H,25,29). The quantitative estimate of drug-likeness (QED) is 0.481. The van der Waals surface area contributed by atoms with E-state index in [0.717, 1.165) is 5.69 Å². The highest BCUT2D eigenvalue weighted by Gasteiger charge is 2.29. The summed E-state index contributed by atoms with van der Waals surface area (Å²) in [6.07, 6.45) is -4.53. The average Bonchev–Trinajstić information content (AvgIpc) is 3.01. The summed E-state index contributed by atoms with van der Waals surface area (Å²) in [5, 5.41) is 6.66. The number of carbonyl (C=O) groups is 2. The Bertz CT molecular complexity index is 1080. The van der Waals surface area contributed by atoms with Gasteiger partial charge in [0.05, 0.1) is 28.3 Å². The van der Waals surface area contributed by atoms with E-state index < -0.39 is 24.5 Å². The van der Waals surface area contributed by atoms with Crippen molar-refractivity contribution in [2.24, 2.45) is 0 Å². The molecule has 3 aromatic rings. The molecule has 0 radical (unpaired) electrons. The summed E-state index contributed by atoms with van der Waals surface area (Å²) < 4.78 is 43.6. The number of aryl methyl sites for hydroxylation is 1. The molecule has 1 heterocycles. The summed E-state index contributed by atoms with van der Waals surface area (Å²) in [6.45, 7) is 1.75. The van der Waals surface area contributed by atoms with E-state index in [2.05, 4.69) is 10.4 Å². The summed E-state index contributed by atoms with van der Waals surface area (Å²) in [4.78, 5) is 25.3. The van der Waals surface area contributed by atoms with E-state index in [1.165, 1.54) is 24.3 Å². The first kappa shape index (κ1) is 21.1. The molecule has 0 bridgehead atoms. The summed E-state index contributed by atoms with van der Waals surface area (Å²) in [5.41, 5.74) is 1.65. The van der Waals surface area contributed by atoms with Crippen LogP contribution in [0, 0.1) is 13.8 Å². The number of rotatable bonds is 6. The second-order valence-electron chi connectivity index (χ2n) is 6.48. The summed E-state index contributed by atoms with van der Waals surface area (Å²) >= 11 is 0. The first-order chi connectivity index (χ1) is 14.2. The topological polar surface area (TPSA) is 73.2 Å². The van der Waals surface area contributed by atoms with Gasteiger partial charge < -0.3 is 10.1 Å². The highest BCUT2D eigenvalue weighted by Crippen LogP contribution is 2.27. The molecule has 3 rings (SSSR count). The molecule has 156 valence electrons. The number of nitrogens with zero attached hydrogens (tertiary/aromatic N) is 2. The first-order valence-corrected chi connectivity index (χ1v) is 8.93. The van der Waals surface area contributed by atoms with Gasteiger partial charge in [-0.25, -0.2) is 4.68 Å². The molecule has 2 aromatic carbocycles. The number of hydrogen-bond donors (Lipinski definition) is 1. The van der Waals surface area contributed by atoms with Gasteiger partial charge >= 0.3 is 6.18 Å². The number of benzene rings is 2. The van der Waals surface area contributed by atoms with Gasteiger partial charge in [-0.3, -0.25) is 9.59 Å². The van der Waals surface area contributed by atoms with Crippen molar-refractivity contribution in [1.82, 2.24) is 9.78 Å². The minimum atomic E-state index is -4.53. The molecule has 6 nitrogen and oxygen atoms in total. The van der Waals surface area contributed by atoms with E-state index in [-0.39, 0.29) is 17.0 Å². The SMILES string of the molecule is Cc1nn(-c2ccccc2)c(C)c1C(=O)C(=O)Nc1ccccc1OCC(F)(F)F. The smallest absolute Gasteiger partial charge is 0.422 e. The molecule has 1 amide bonds. The monoisotopic (exact) mass is 417 g/mol. The predicted molar refractivity (Wildman–Crippen MR) is 104 cm³/mol. The molecule has 9 heteroatoms. The van der Waals surface area contributed by atoms with Crippen molar-refractivity contribution < 1.29 is 27.5 Å². The highest BCUT2D eigenvalue weighted by molar-refractivity contribution is 6.47. The molecule has 0 atom stereocenters. The van der Waals surface area contributed by atoms with Crippen LogP contribution < -0.4 is 10.1 Å². The number of hydrogen-bond acceptors (Lipinski definition) is 4. The molecule has 0 fully saturated rings. The van der Waals surface area contributed by atoms with Crippen molar-refractivity contribution in [3.8, 4) is 11.4 Å². The van der Waals surface area contributed by atoms with Crippen molar-refractivity contribution >= 4 is 17.4 Å². The lowest BCUT2D eigenvalue weighted by molar-refractivity contribution is -0.153. The number of Topliss-reactive ketones (excluding diaryl/α,β-unsaturated/α-hetero) is 1. The summed E-state index contributed by atoms with van der Waals surface area (Å²) in [5.74, 6) is -2.04. The number of aromatic nitrogens is 2. The molecular weight excluding hydrogens is 399 g/mol. The number of carbonyl (C=O) groups excluding carboxylic acids is 2. The Balaban J connectivity index is 1.83. The van der Waals surface area contributed by atoms with Crippen molar-refractivity contribution in [1.29, 1.82) is 0 Å². The number of para-hydroxylation sites is 3. The highest BCUT2D eigenvalue weighted by atomic mass is 19.4. The Morgan fingerprint density at radius 1 is 1.03 bits per heavy atom. The van der Waals surface area contributed by atoms with Crippen molar-refractivity contribution in [2.75, 3.05) is 11.9 Å². The molecule has 0 unspecified atom stereocenters. The number of amides is 1. The van der Waals surface area contributed by atoms with Crippen LogP contribution in [-0.4, -0.2) is 34.3 Å². The Kier molecular flexibility index (Phi) is 5.91. The van der Waals surface area contributed by atoms with Gasteiger partial charge in [-0.2, -0.15) is 18.3 Å². The molecule has 0 saturated carbocycles. The van der Waals surface area contributed by atoms with Crippen molar-refractivity contribution in [3.05, 3.63) is 71.5 Å². The van der Waals surface area contributed by atoms with Gasteiger partial charge in [-0.15, -0.1) is 0 Å². The van der Waals surface area contributed by atoms with Crippen LogP contribution in [0.1, 0.15) is 21.7 Å². The number of anilines is 1. The van der Waals surface area contributed by atoms with Crippen LogP contribution in [-0.2, 0) is 4.79 Å². The van der Waals surface area contributed by atoms with Gasteiger partial charge in [-0.1, -0.05) is 30.3 Å². The van der Waals surface area contributed by atoms with Crippen LogP contribution in [0.2, 0.25) is 0 Å². The number of alkyl halides is 3. The zero-order valence-electron chi connectivity index (χ0n) is 16.2. The van der Waals surface area contributed by atoms with Gasteiger partial charge in [0.15, 0.2) is 6.61 Å². The Morgan fingerprint density at radius 2 is 1.67 bits per heavy atom. The lowest BCUT2D eigenvalue weighted by Crippen LogP contribution is -2.25. The summed E-state index contributed by atoms with van der Waals surface area (Å²) in [6, 6.07) is 14.7. The maximum Gasteiger partial charge on any atom is 0.422 e. The average molecular weight is 417 g/mol. The van der Waals surface area contributed by atoms with Crippen LogP contribution >= 0.6 is 0 Å². The van der Waals surface area contributed by atoms with Gasteiger partial charge in [0, 0.05) is 0 Å². The van der Waals surface area contributed by atoms with E-state index in [1.54, 1.807) is 18.5 Å². The van der Waals surface area contributed by atoms with Crippen LogP contribution in [0.4, 0.5) is 18.9 Å². The van der Waals surface area contributed by atoms with Crippen molar-refractivity contribution in [3.63, 3.8) is 0 Å². The van der Waals surface area contributed by atoms with Gasteiger partial charge in [-0.05, 0) is 38.1 Å². The number of halogens is 3. The minimum Gasteiger partial charge on any atom is -0.482 e. The van der Waals surface area contributed by atoms with Gasteiger partial charge in [0.2, 0.25) is 0 Å². The zero-order valence-corrected chi connectivity index (χ0v) is 16.2. The van der Waals surface area contributed by atoms with Crippen molar-refractivity contribution in [2.45, 2.75) is 20.0 Å². The Hall–Kier alpha value is -3.62. The normalized spacial score (nSPS) is 11.2. The maximum absolute atomic E-state index is 12.8. The van der Waals surface area contributed by atoms with Crippen LogP contribution in [0.5, 0.6) is 5.75 Å². The molecule has 30 heavy (non-hydrogen) atoms. The first-order valence-electron chi connectivity index (χ1n) is 8.93. The molecule has 1 N–H and O–H groups in total. The fraction of sp³-hybridized carbons (Fsp3) is 0.190. The lowest BCUT2D eigenvalue weighted by Gasteiger charge is -2.13. The largest absolute Gasteiger partial charge is 0.482 e. The molecular formula is C21H18F3N3O3. The predicted octanol–water partition coefficient (Wildman–Crippen LogP) is 4.25. The van der Waals surface area contributed by atoms with Gasteiger partial charge in [0.1, 0.15) is 5.75 Å². The molecule has 0 saturated heterocycles. The second-order valence-corrected chi connectivity index (χ2v) is 6.48. The molecule has 0 aliphatic heterocycles. The van der Waals surface area contributed by atoms with E-state index >= 15 is 0 Å². The molecule has 1 aromatic heterocycles. The molecule has 0 spiro atoms. The third-order valence-corrected chi connectivity index (χ3v) is 4.25. The van der Waals surface area contributed by atoms with E-state index in [0.29, 0.717) is 11.4 Å². The molecule has 0 aliphatic rings. The van der Waals surface area contributed by atoms with Crippen LogP contribution in [0.3, 0.4) is 0 Å². The van der Waals surface area contributed by atoms with E-state index in [1.807, 2.05) is 30.3 Å².